The van der Waals surface area contributed by atoms with Crippen molar-refractivity contribution in [2.45, 2.75) is 73.0 Å². The Hall–Kier alpha value is -4.47. The number of hydroxylamine groups is 2. The molecule has 24 heteroatoms. The van der Waals surface area contributed by atoms with E-state index in [4.69, 9.17) is 28.5 Å². The van der Waals surface area contributed by atoms with Crippen LogP contribution >= 0.6 is 0 Å². The quantitative estimate of drug-likeness (QED) is 0.0502. The van der Waals surface area contributed by atoms with Gasteiger partial charge in [-0.2, -0.15) is 29.8 Å². The molecule has 0 spiro atoms. The number of imide groups is 1. The van der Waals surface area contributed by atoms with Gasteiger partial charge >= 0.3 is 5.97 Å². The third-order valence-electron chi connectivity index (χ3n) is 11.8. The highest BCUT2D eigenvalue weighted by molar-refractivity contribution is 7.86. The van der Waals surface area contributed by atoms with Gasteiger partial charge in [-0.1, -0.05) is 6.08 Å². The van der Waals surface area contributed by atoms with Gasteiger partial charge in [-0.15, -0.1) is 5.06 Å². The van der Waals surface area contributed by atoms with Crippen molar-refractivity contribution in [1.82, 2.24) is 5.06 Å². The van der Waals surface area contributed by atoms with Crippen LogP contribution in [0.1, 0.15) is 63.5 Å². The summed E-state index contributed by atoms with van der Waals surface area (Å²) in [5.41, 5.74) is 1.31. The summed E-state index contributed by atoms with van der Waals surface area (Å²) >= 11 is 0. The summed E-state index contributed by atoms with van der Waals surface area (Å²) in [5.74, 6) is -2.66. The number of hydrogen-bond donors (Lipinski definition) is 3. The lowest BCUT2D eigenvalue weighted by Gasteiger charge is -2.30. The molecule has 0 aliphatic carbocycles. The van der Waals surface area contributed by atoms with Gasteiger partial charge in [-0.25, -0.2) is 4.79 Å². The molecule has 3 aliphatic heterocycles. The van der Waals surface area contributed by atoms with Crippen molar-refractivity contribution in [3.05, 3.63) is 71.5 Å². The first-order chi connectivity index (χ1) is 31.5. The molecule has 67 heavy (non-hydrogen) atoms. The van der Waals surface area contributed by atoms with E-state index in [2.05, 4.69) is 0 Å². The van der Waals surface area contributed by atoms with Crippen LogP contribution in [0.3, 0.4) is 0 Å². The van der Waals surface area contributed by atoms with E-state index in [0.717, 1.165) is 0 Å². The van der Waals surface area contributed by atoms with E-state index in [0.29, 0.717) is 65.2 Å². The maximum absolute atomic E-state index is 12.4. The number of anilines is 1. The number of hydrogen-bond acceptors (Lipinski definition) is 16. The molecule has 1 fully saturated rings. The van der Waals surface area contributed by atoms with Crippen molar-refractivity contribution in [2.24, 2.45) is 0 Å². The van der Waals surface area contributed by atoms with Crippen LogP contribution in [0.25, 0.3) is 0 Å². The average molecular weight is 1000 g/mol. The number of amides is 2. The molecule has 1 saturated heterocycles. The molecule has 0 aromatic heterocycles. The number of benzene rings is 2. The highest BCUT2D eigenvalue weighted by Gasteiger charge is 2.48. The molecular weight excluding hydrogens is 943 g/mol. The van der Waals surface area contributed by atoms with Gasteiger partial charge < -0.3 is 33.4 Å². The van der Waals surface area contributed by atoms with E-state index in [9.17, 15) is 53.3 Å². The molecule has 2 atom stereocenters. The first kappa shape index (κ1) is 53.5. The summed E-state index contributed by atoms with van der Waals surface area (Å²) in [6.45, 7) is 5.69. The molecule has 21 nitrogen and oxygen atoms in total. The predicted molar refractivity (Wildman–Crippen MR) is 240 cm³/mol. The Morgan fingerprint density at radius 2 is 1.34 bits per heavy atom. The first-order valence-electron chi connectivity index (χ1n) is 21.3. The summed E-state index contributed by atoms with van der Waals surface area (Å²) < 4.78 is 133. The summed E-state index contributed by atoms with van der Waals surface area (Å²) in [6, 6.07) is 8.36. The third kappa shape index (κ3) is 13.4. The van der Waals surface area contributed by atoms with Crippen LogP contribution in [0.15, 0.2) is 70.1 Å². The largest absolute Gasteiger partial charge is 0.385 e. The van der Waals surface area contributed by atoms with Crippen molar-refractivity contribution >= 4 is 65.2 Å². The maximum Gasteiger partial charge on any atom is 0.335 e. The topological polar surface area (TPSA) is 279 Å². The number of nitrogens with zero attached hydrogens (tertiary/aromatic N) is 3. The van der Waals surface area contributed by atoms with Crippen LogP contribution in [0.2, 0.25) is 0 Å². The van der Waals surface area contributed by atoms with Crippen LogP contribution < -0.4 is 4.90 Å². The van der Waals surface area contributed by atoms with Gasteiger partial charge in [0.05, 0.1) is 67.0 Å². The van der Waals surface area contributed by atoms with Gasteiger partial charge in [0.2, 0.25) is 5.69 Å². The Morgan fingerprint density at radius 3 is 1.97 bits per heavy atom. The second-order valence-corrected chi connectivity index (χ2v) is 20.7. The number of carbonyl (C=O) groups is 3. The smallest absolute Gasteiger partial charge is 0.335 e. The number of rotatable bonds is 27. The maximum atomic E-state index is 12.4. The van der Waals surface area contributed by atoms with E-state index < -0.39 is 64.7 Å². The fourth-order valence-electron chi connectivity index (χ4n) is 8.38. The second-order valence-electron chi connectivity index (χ2n) is 16.3. The fraction of sp³-hybridized carbons (Fsp3) is 0.535. The molecule has 2 amide bonds. The zero-order chi connectivity index (χ0) is 49.2. The third-order valence-corrected chi connectivity index (χ3v) is 14.3. The van der Waals surface area contributed by atoms with Crippen molar-refractivity contribution in [3.63, 3.8) is 0 Å². The van der Waals surface area contributed by atoms with Crippen molar-refractivity contribution < 1.29 is 86.4 Å². The second kappa shape index (κ2) is 22.8. The monoisotopic (exact) mass is 1000 g/mol. The van der Waals surface area contributed by atoms with Crippen molar-refractivity contribution in [1.29, 1.82) is 0 Å². The number of ether oxygens (including phenoxy) is 5. The molecule has 0 radical (unpaired) electrons. The molecular formula is C43H58N3O18S3+. The highest BCUT2D eigenvalue weighted by Crippen LogP contribution is 2.51. The zero-order valence-electron chi connectivity index (χ0n) is 37.7. The molecule has 0 bridgehead atoms. The van der Waals surface area contributed by atoms with Gasteiger partial charge in [0, 0.05) is 74.7 Å². The molecule has 0 saturated carbocycles. The number of methoxy groups -OCH3 is 2. The molecule has 2 aromatic carbocycles. The predicted octanol–water partition coefficient (Wildman–Crippen LogP) is 3.15. The molecule has 2 aromatic rings. The Balaban J connectivity index is 1.54. The standard InChI is InChI=1S/C43H57N3O18S3/c1-42(16-6-28-65(50,51)52)33-29-31(66(53,54)55)9-11-35(33)44(19-23-62-26-27-63-25-24-60-4)37(42)7-5-8-38-43(2,17-21-59-3)34-30-32(67(56,57)58)10-12-36(34)45(38)18-22-61-20-15-41(49)64-46-39(47)13-14-40(46)48/h5,7-12,29-30H,6,13-28H2,1-4H3,(H2-,50,51,52,53,54,55,56,57,58)/p+1. The van der Waals surface area contributed by atoms with E-state index in [-0.39, 0.29) is 88.0 Å². The number of fused-ring (bicyclic) bond motifs is 2. The fourth-order valence-corrected chi connectivity index (χ4v) is 9.90. The van der Waals surface area contributed by atoms with E-state index in [1.54, 1.807) is 44.4 Å². The van der Waals surface area contributed by atoms with Crippen LogP contribution in [-0.2, 0) is 84.1 Å². The van der Waals surface area contributed by atoms with Crippen molar-refractivity contribution in [2.75, 3.05) is 90.8 Å². The van der Waals surface area contributed by atoms with Crippen LogP contribution in [0.5, 0.6) is 0 Å². The first-order valence-corrected chi connectivity index (χ1v) is 25.8. The van der Waals surface area contributed by atoms with E-state index >= 15 is 0 Å². The van der Waals surface area contributed by atoms with Crippen LogP contribution in [0.4, 0.5) is 11.4 Å². The number of allylic oxidation sites excluding steroid dienone is 4. The summed E-state index contributed by atoms with van der Waals surface area (Å²) in [7, 11) is -10.6. The van der Waals surface area contributed by atoms with Gasteiger partial charge in [-0.3, -0.25) is 23.2 Å². The normalized spacial score (nSPS) is 20.5. The lowest BCUT2D eigenvalue weighted by Crippen LogP contribution is -2.33. The van der Waals surface area contributed by atoms with Gasteiger partial charge in [0.15, 0.2) is 12.3 Å². The summed E-state index contributed by atoms with van der Waals surface area (Å²) in [5, 5.41) is 0.451. The summed E-state index contributed by atoms with van der Waals surface area (Å²) in [6.07, 6.45) is 5.33. The van der Waals surface area contributed by atoms with Gasteiger partial charge in [-0.05, 0) is 75.1 Å². The molecule has 3 heterocycles. The molecule has 2 unspecified atom stereocenters. The minimum atomic E-state index is -4.67. The molecule has 3 aliphatic rings. The Kier molecular flexibility index (Phi) is 18.2. The van der Waals surface area contributed by atoms with E-state index in [1.165, 1.54) is 31.4 Å². The molecule has 370 valence electrons. The van der Waals surface area contributed by atoms with Crippen molar-refractivity contribution in [3.8, 4) is 0 Å². The number of carbonyl (C=O) groups excluding carboxylic acids is 3. The summed E-state index contributed by atoms with van der Waals surface area (Å²) in [4.78, 5) is 42.3. The average Bonchev–Trinajstić information content (AvgIpc) is 3.78. The Labute approximate surface area is 390 Å². The van der Waals surface area contributed by atoms with Gasteiger partial charge in [0.1, 0.15) is 6.61 Å². The molecule has 3 N–H and O–H groups in total. The zero-order valence-corrected chi connectivity index (χ0v) is 40.2. The minimum absolute atomic E-state index is 0.0234. The van der Waals surface area contributed by atoms with Gasteiger partial charge in [0.25, 0.3) is 42.2 Å². The lowest BCUT2D eigenvalue weighted by atomic mass is 9.75. The SMILES string of the molecule is COCCOCCOCC[N+]1=C(/C=C/C=C2/N(CCOCCC(=O)ON3C(=O)CCC3=O)c3ccc(S(=O)(=O)O)cc3C2(C)CCOC)C(C)(CCCS(=O)(=O)O)c2cc(S(=O)(=O)O)ccc21. The van der Waals surface area contributed by atoms with Crippen LogP contribution in [-0.4, -0.2) is 158 Å². The Bertz CT molecular complexity index is 2580. The minimum Gasteiger partial charge on any atom is -0.385 e. The van der Waals surface area contributed by atoms with Crippen LogP contribution in [0, 0.1) is 0 Å². The molecule has 5 rings (SSSR count). The highest BCUT2D eigenvalue weighted by atomic mass is 32.2. The lowest BCUT2D eigenvalue weighted by molar-refractivity contribution is -0.442. The van der Waals surface area contributed by atoms with E-state index in [1.807, 2.05) is 16.4 Å². The Morgan fingerprint density at radius 1 is 0.746 bits per heavy atom.